The van der Waals surface area contributed by atoms with E-state index in [-0.39, 0.29) is 12.5 Å². The van der Waals surface area contributed by atoms with E-state index in [1.807, 2.05) is 48.7 Å². The third-order valence-corrected chi connectivity index (χ3v) is 7.52. The number of fused-ring (bicyclic) bond motifs is 3. The van der Waals surface area contributed by atoms with Crippen molar-refractivity contribution in [1.29, 1.82) is 0 Å². The Morgan fingerprint density at radius 1 is 1.14 bits per heavy atom. The summed E-state index contributed by atoms with van der Waals surface area (Å²) in [4.78, 5) is 24.7. The van der Waals surface area contributed by atoms with Crippen LogP contribution in [0.1, 0.15) is 33.5 Å². The molecule has 1 aromatic heterocycles. The lowest BCUT2D eigenvalue weighted by Crippen LogP contribution is -2.34. The Bertz CT molecular complexity index is 1050. The number of halogens is 1. The molecule has 4 rings (SSSR count). The van der Waals surface area contributed by atoms with Crippen molar-refractivity contribution in [3.8, 4) is 11.1 Å². The first kappa shape index (κ1) is 19.7. The maximum atomic E-state index is 12.4. The molecule has 0 bridgehead atoms. The van der Waals surface area contributed by atoms with Gasteiger partial charge in [0, 0.05) is 10.4 Å². The molecule has 1 amide bonds. The molecule has 0 saturated carbocycles. The number of rotatable bonds is 5. The summed E-state index contributed by atoms with van der Waals surface area (Å²) in [6.07, 6.45) is -0.753. The Labute approximate surface area is 180 Å². The zero-order valence-corrected chi connectivity index (χ0v) is 17.9. The van der Waals surface area contributed by atoms with Crippen LogP contribution in [0.25, 0.3) is 11.1 Å². The number of carboxylic acids is 1. The molecule has 1 heterocycles. The number of nitrogens with one attached hydrogen (secondary N) is 1. The largest absolute Gasteiger partial charge is 0.479 e. The highest BCUT2D eigenvalue weighted by molar-refractivity contribution is 9.10. The fraction of sp³-hybridized carbons (Fsp3) is 0.182. The molecule has 1 aliphatic rings. The average molecular weight is 472 g/mol. The fourth-order valence-corrected chi connectivity index (χ4v) is 5.40. The number of aliphatic carboxylic acids is 1. The van der Waals surface area contributed by atoms with E-state index in [0.29, 0.717) is 9.35 Å². The summed E-state index contributed by atoms with van der Waals surface area (Å²) < 4.78 is 6.15. The average Bonchev–Trinajstić information content (AvgIpc) is 3.22. The Kier molecular flexibility index (Phi) is 5.43. The van der Waals surface area contributed by atoms with Crippen molar-refractivity contribution in [3.05, 3.63) is 80.0 Å². The van der Waals surface area contributed by atoms with E-state index in [0.717, 1.165) is 27.8 Å². The van der Waals surface area contributed by atoms with Crippen molar-refractivity contribution in [3.63, 3.8) is 0 Å². The number of alkyl carbamates (subject to hydrolysis) is 1. The lowest BCUT2D eigenvalue weighted by Gasteiger charge is -2.17. The minimum absolute atomic E-state index is 0.0767. The first-order chi connectivity index (χ1) is 14.0. The second kappa shape index (κ2) is 8.00. The van der Waals surface area contributed by atoms with Crippen molar-refractivity contribution < 1.29 is 19.4 Å². The Hall–Kier alpha value is -2.64. The number of amides is 1. The second-order valence-electron chi connectivity index (χ2n) is 6.84. The van der Waals surface area contributed by atoms with Crippen molar-refractivity contribution in [2.45, 2.75) is 18.9 Å². The monoisotopic (exact) mass is 471 g/mol. The zero-order chi connectivity index (χ0) is 20.5. The molecule has 29 heavy (non-hydrogen) atoms. The van der Waals surface area contributed by atoms with Gasteiger partial charge in [0.05, 0.1) is 4.88 Å². The van der Waals surface area contributed by atoms with Gasteiger partial charge in [0.2, 0.25) is 0 Å². The van der Waals surface area contributed by atoms with Crippen LogP contribution in [-0.4, -0.2) is 23.8 Å². The molecule has 2 aromatic carbocycles. The number of aryl methyl sites for hydroxylation is 1. The van der Waals surface area contributed by atoms with Crippen molar-refractivity contribution in [2.75, 3.05) is 6.61 Å². The summed E-state index contributed by atoms with van der Waals surface area (Å²) in [6, 6.07) is 14.9. The molecule has 0 aliphatic heterocycles. The number of carbonyl (C=O) groups excluding carboxylic acids is 1. The van der Waals surface area contributed by atoms with Gasteiger partial charge in [0.25, 0.3) is 0 Å². The first-order valence-corrected chi connectivity index (χ1v) is 10.7. The van der Waals surface area contributed by atoms with Crippen LogP contribution in [0.3, 0.4) is 0 Å². The van der Waals surface area contributed by atoms with Crippen LogP contribution in [0, 0.1) is 6.92 Å². The summed E-state index contributed by atoms with van der Waals surface area (Å²) >= 11 is 4.67. The summed E-state index contributed by atoms with van der Waals surface area (Å²) in [7, 11) is 0. The third-order valence-electron chi connectivity index (χ3n) is 5.04. The number of carbonyl (C=O) groups is 2. The lowest BCUT2D eigenvalue weighted by atomic mass is 9.98. The quantitative estimate of drug-likeness (QED) is 0.516. The fourth-order valence-electron chi connectivity index (χ4n) is 3.64. The van der Waals surface area contributed by atoms with Gasteiger partial charge >= 0.3 is 12.1 Å². The SMILES string of the molecule is Cc1csc(C(NC(=O)OCC2c3ccccc3-c3ccccc32)C(=O)O)c1Br. The van der Waals surface area contributed by atoms with E-state index in [2.05, 4.69) is 33.4 Å². The van der Waals surface area contributed by atoms with E-state index in [9.17, 15) is 14.7 Å². The molecule has 2 N–H and O–H groups in total. The van der Waals surface area contributed by atoms with Gasteiger partial charge in [-0.2, -0.15) is 0 Å². The topological polar surface area (TPSA) is 75.6 Å². The summed E-state index contributed by atoms with van der Waals surface area (Å²) in [5.41, 5.74) is 5.41. The molecule has 7 heteroatoms. The lowest BCUT2D eigenvalue weighted by molar-refractivity contribution is -0.139. The third kappa shape index (κ3) is 3.68. The van der Waals surface area contributed by atoms with Crippen LogP contribution in [0.2, 0.25) is 0 Å². The van der Waals surface area contributed by atoms with Gasteiger partial charge < -0.3 is 15.2 Å². The van der Waals surface area contributed by atoms with Gasteiger partial charge in [-0.15, -0.1) is 11.3 Å². The number of benzene rings is 2. The molecule has 5 nitrogen and oxygen atoms in total. The standard InChI is InChI=1S/C22H18BrNO4S/c1-12-11-29-20(18(12)23)19(21(25)26)24-22(27)28-10-17-15-8-4-2-6-13(15)14-7-3-5-9-16(14)17/h2-9,11,17,19H,10H2,1H3,(H,24,27)(H,25,26). The maximum Gasteiger partial charge on any atom is 0.408 e. The summed E-state index contributed by atoms with van der Waals surface area (Å²) in [5.74, 6) is -1.21. The van der Waals surface area contributed by atoms with Crippen molar-refractivity contribution in [2.24, 2.45) is 0 Å². The van der Waals surface area contributed by atoms with E-state index < -0.39 is 18.1 Å². The molecule has 3 aromatic rings. The van der Waals surface area contributed by atoms with Crippen molar-refractivity contribution in [1.82, 2.24) is 5.32 Å². The molecule has 1 unspecified atom stereocenters. The molecule has 0 saturated heterocycles. The second-order valence-corrected chi connectivity index (χ2v) is 8.54. The van der Waals surface area contributed by atoms with Crippen molar-refractivity contribution >= 4 is 39.3 Å². The number of carboxylic acid groups (broad SMARTS) is 1. The van der Waals surface area contributed by atoms with E-state index in [1.165, 1.54) is 11.3 Å². The van der Waals surface area contributed by atoms with Crippen LogP contribution >= 0.6 is 27.3 Å². The van der Waals surface area contributed by atoms with Crippen LogP contribution < -0.4 is 5.32 Å². The molecule has 0 fully saturated rings. The van der Waals surface area contributed by atoms with Crippen LogP contribution in [0.4, 0.5) is 4.79 Å². The van der Waals surface area contributed by atoms with Gasteiger partial charge in [0.1, 0.15) is 6.61 Å². The molecule has 148 valence electrons. The highest BCUT2D eigenvalue weighted by Gasteiger charge is 2.31. The maximum absolute atomic E-state index is 12.4. The van der Waals surface area contributed by atoms with Gasteiger partial charge in [-0.1, -0.05) is 48.5 Å². The Morgan fingerprint density at radius 2 is 1.72 bits per heavy atom. The minimum Gasteiger partial charge on any atom is -0.479 e. The van der Waals surface area contributed by atoms with Gasteiger partial charge in [-0.3, -0.25) is 0 Å². The zero-order valence-electron chi connectivity index (χ0n) is 15.5. The molecular formula is C22H18BrNO4S. The Morgan fingerprint density at radius 3 is 2.24 bits per heavy atom. The molecular weight excluding hydrogens is 454 g/mol. The smallest absolute Gasteiger partial charge is 0.408 e. The number of hydrogen-bond donors (Lipinski definition) is 2. The van der Waals surface area contributed by atoms with E-state index >= 15 is 0 Å². The highest BCUT2D eigenvalue weighted by atomic mass is 79.9. The predicted molar refractivity (Wildman–Crippen MR) is 115 cm³/mol. The van der Waals surface area contributed by atoms with Gasteiger partial charge in [-0.05, 0) is 56.1 Å². The molecule has 0 spiro atoms. The first-order valence-electron chi connectivity index (χ1n) is 9.05. The van der Waals surface area contributed by atoms with Crippen LogP contribution in [0.15, 0.2) is 58.4 Å². The Balaban J connectivity index is 1.50. The van der Waals surface area contributed by atoms with Gasteiger partial charge in [-0.25, -0.2) is 9.59 Å². The molecule has 0 radical (unpaired) electrons. The number of ether oxygens (including phenoxy) is 1. The minimum atomic E-state index is -1.17. The number of hydrogen-bond acceptors (Lipinski definition) is 4. The van der Waals surface area contributed by atoms with E-state index in [1.54, 1.807) is 0 Å². The predicted octanol–water partition coefficient (Wildman–Crippen LogP) is 5.48. The molecule has 1 atom stereocenters. The van der Waals surface area contributed by atoms with Crippen LogP contribution in [-0.2, 0) is 9.53 Å². The van der Waals surface area contributed by atoms with Crippen LogP contribution in [0.5, 0.6) is 0 Å². The van der Waals surface area contributed by atoms with E-state index in [4.69, 9.17) is 4.74 Å². The summed E-state index contributed by atoms with van der Waals surface area (Å²) in [6.45, 7) is 2.01. The summed E-state index contributed by atoms with van der Waals surface area (Å²) in [5, 5.41) is 13.9. The number of thiophene rings is 1. The normalized spacial score (nSPS) is 13.4. The highest BCUT2D eigenvalue weighted by Crippen LogP contribution is 2.44. The molecule has 1 aliphatic carbocycles. The van der Waals surface area contributed by atoms with Gasteiger partial charge in [0.15, 0.2) is 6.04 Å².